The number of urea groups is 1. The molecule has 0 atom stereocenters. The van der Waals surface area contributed by atoms with Crippen LogP contribution in [0.2, 0.25) is 0 Å². The van der Waals surface area contributed by atoms with Crippen LogP contribution < -0.4 is 15.4 Å². The lowest BCUT2D eigenvalue weighted by atomic mass is 10.3. The zero-order valence-corrected chi connectivity index (χ0v) is 10.8. The van der Waals surface area contributed by atoms with E-state index < -0.39 is 5.82 Å². The monoisotopic (exact) mass is 254 g/mol. The molecule has 0 fully saturated rings. The minimum atomic E-state index is -0.483. The lowest BCUT2D eigenvalue weighted by Crippen LogP contribution is -2.29. The van der Waals surface area contributed by atoms with Crippen LogP contribution >= 0.6 is 0 Å². The van der Waals surface area contributed by atoms with E-state index in [0.29, 0.717) is 18.8 Å². The van der Waals surface area contributed by atoms with E-state index in [-0.39, 0.29) is 11.8 Å². The van der Waals surface area contributed by atoms with Gasteiger partial charge in [-0.25, -0.2) is 9.18 Å². The highest BCUT2D eigenvalue weighted by atomic mass is 19.1. The Morgan fingerprint density at radius 1 is 1.39 bits per heavy atom. The van der Waals surface area contributed by atoms with Crippen LogP contribution in [0.4, 0.5) is 14.9 Å². The predicted octanol–water partition coefficient (Wildman–Crippen LogP) is 3.15. The summed E-state index contributed by atoms with van der Waals surface area (Å²) in [5.74, 6) is -0.294. The average Bonchev–Trinajstić information content (AvgIpc) is 2.33. The number of halogens is 1. The molecular weight excluding hydrogens is 235 g/mol. The average molecular weight is 254 g/mol. The zero-order chi connectivity index (χ0) is 13.4. The molecule has 0 unspecified atom stereocenters. The van der Waals surface area contributed by atoms with E-state index in [2.05, 4.69) is 10.6 Å². The highest BCUT2D eigenvalue weighted by Gasteiger charge is 2.06. The van der Waals surface area contributed by atoms with Gasteiger partial charge in [-0.1, -0.05) is 13.3 Å². The van der Waals surface area contributed by atoms with Crippen molar-refractivity contribution in [2.24, 2.45) is 0 Å². The molecule has 2 N–H and O–H groups in total. The van der Waals surface area contributed by atoms with Crippen LogP contribution in [0.25, 0.3) is 0 Å². The maximum absolute atomic E-state index is 13.5. The SMILES string of the molecule is CCCCNC(=O)Nc1ccc(OCC)c(F)c1. The standard InChI is InChI=1S/C13H19FN2O2/c1-3-5-8-15-13(17)16-10-6-7-12(18-4-2)11(14)9-10/h6-7,9H,3-5,8H2,1-2H3,(H2,15,16,17). The minimum Gasteiger partial charge on any atom is -0.491 e. The van der Waals surface area contributed by atoms with Gasteiger partial charge in [-0.05, 0) is 25.5 Å². The molecule has 0 heterocycles. The third kappa shape index (κ3) is 4.61. The van der Waals surface area contributed by atoms with Gasteiger partial charge in [0.2, 0.25) is 0 Å². The highest BCUT2D eigenvalue weighted by molar-refractivity contribution is 5.89. The number of ether oxygens (including phenoxy) is 1. The Kier molecular flexibility index (Phi) is 5.97. The summed E-state index contributed by atoms with van der Waals surface area (Å²) in [6.07, 6.45) is 1.93. The number of amides is 2. The van der Waals surface area contributed by atoms with Gasteiger partial charge < -0.3 is 15.4 Å². The van der Waals surface area contributed by atoms with E-state index in [1.54, 1.807) is 13.0 Å². The summed E-state index contributed by atoms with van der Waals surface area (Å²) in [4.78, 5) is 11.4. The van der Waals surface area contributed by atoms with E-state index in [0.717, 1.165) is 12.8 Å². The van der Waals surface area contributed by atoms with Crippen LogP contribution in [-0.4, -0.2) is 19.2 Å². The maximum atomic E-state index is 13.5. The Morgan fingerprint density at radius 2 is 2.17 bits per heavy atom. The van der Waals surface area contributed by atoms with Crippen molar-refractivity contribution >= 4 is 11.7 Å². The first-order valence-corrected chi connectivity index (χ1v) is 6.14. The summed E-state index contributed by atoms with van der Waals surface area (Å²) in [5.41, 5.74) is 0.407. The van der Waals surface area contributed by atoms with E-state index in [1.165, 1.54) is 12.1 Å². The molecular formula is C13H19FN2O2. The third-order valence-electron chi connectivity index (χ3n) is 2.31. The molecule has 1 rings (SSSR count). The van der Waals surface area contributed by atoms with Crippen molar-refractivity contribution in [3.63, 3.8) is 0 Å². The van der Waals surface area contributed by atoms with Crippen molar-refractivity contribution in [1.29, 1.82) is 0 Å². The van der Waals surface area contributed by atoms with E-state index >= 15 is 0 Å². The molecule has 0 spiro atoms. The van der Waals surface area contributed by atoms with E-state index in [1.807, 2.05) is 6.92 Å². The first-order chi connectivity index (χ1) is 8.67. The van der Waals surface area contributed by atoms with Crippen LogP contribution in [0.5, 0.6) is 5.75 Å². The molecule has 1 aromatic carbocycles. The van der Waals surface area contributed by atoms with Crippen LogP contribution in [0.1, 0.15) is 26.7 Å². The quantitative estimate of drug-likeness (QED) is 0.766. The maximum Gasteiger partial charge on any atom is 0.319 e. The molecule has 4 nitrogen and oxygen atoms in total. The van der Waals surface area contributed by atoms with Crippen molar-refractivity contribution in [2.45, 2.75) is 26.7 Å². The number of hydrogen-bond donors (Lipinski definition) is 2. The summed E-state index contributed by atoms with van der Waals surface area (Å²) >= 11 is 0. The smallest absolute Gasteiger partial charge is 0.319 e. The molecule has 0 aliphatic rings. The molecule has 0 bridgehead atoms. The van der Waals surface area contributed by atoms with Crippen molar-refractivity contribution in [2.75, 3.05) is 18.5 Å². The van der Waals surface area contributed by atoms with Gasteiger partial charge in [0.25, 0.3) is 0 Å². The predicted molar refractivity (Wildman–Crippen MR) is 69.5 cm³/mol. The van der Waals surface area contributed by atoms with Crippen molar-refractivity contribution in [3.8, 4) is 5.75 Å². The number of nitrogens with one attached hydrogen (secondary N) is 2. The van der Waals surface area contributed by atoms with Crippen LogP contribution in [0.3, 0.4) is 0 Å². The molecule has 5 heteroatoms. The van der Waals surface area contributed by atoms with Crippen LogP contribution in [0, 0.1) is 5.82 Å². The molecule has 1 aromatic rings. The van der Waals surface area contributed by atoms with Crippen molar-refractivity contribution in [3.05, 3.63) is 24.0 Å². The highest BCUT2D eigenvalue weighted by Crippen LogP contribution is 2.20. The molecule has 0 saturated carbocycles. The van der Waals surface area contributed by atoms with Crippen molar-refractivity contribution in [1.82, 2.24) is 5.32 Å². The van der Waals surface area contributed by atoms with Crippen LogP contribution in [0.15, 0.2) is 18.2 Å². The first-order valence-electron chi connectivity index (χ1n) is 6.14. The Bertz CT molecular complexity index is 397. The van der Waals surface area contributed by atoms with Gasteiger partial charge in [-0.15, -0.1) is 0 Å². The fourth-order valence-electron chi connectivity index (χ4n) is 1.41. The van der Waals surface area contributed by atoms with Gasteiger partial charge in [0.1, 0.15) is 0 Å². The first kappa shape index (κ1) is 14.3. The molecule has 0 saturated heterocycles. The summed E-state index contributed by atoms with van der Waals surface area (Å²) in [5, 5.41) is 5.25. The lowest BCUT2D eigenvalue weighted by molar-refractivity contribution is 0.252. The number of carbonyl (C=O) groups is 1. The summed E-state index contributed by atoms with van der Waals surface area (Å²) < 4.78 is 18.6. The second kappa shape index (κ2) is 7.53. The second-order valence-electron chi connectivity index (χ2n) is 3.81. The van der Waals surface area contributed by atoms with Gasteiger partial charge in [0, 0.05) is 18.3 Å². The summed E-state index contributed by atoms with van der Waals surface area (Å²) in [7, 11) is 0. The molecule has 0 aromatic heterocycles. The van der Waals surface area contributed by atoms with Gasteiger partial charge in [-0.2, -0.15) is 0 Å². The molecule has 100 valence electrons. The summed E-state index contributed by atoms with van der Waals surface area (Å²) in [6.45, 7) is 4.84. The number of rotatable bonds is 6. The van der Waals surface area contributed by atoms with Gasteiger partial charge in [0.15, 0.2) is 11.6 Å². The van der Waals surface area contributed by atoms with E-state index in [4.69, 9.17) is 4.74 Å². The second-order valence-corrected chi connectivity index (χ2v) is 3.81. The third-order valence-corrected chi connectivity index (χ3v) is 2.31. The number of unbranched alkanes of at least 4 members (excludes halogenated alkanes) is 1. The molecule has 0 aliphatic heterocycles. The lowest BCUT2D eigenvalue weighted by Gasteiger charge is -2.09. The number of hydrogen-bond acceptors (Lipinski definition) is 2. The Hall–Kier alpha value is -1.78. The number of carbonyl (C=O) groups excluding carboxylic acids is 1. The normalized spacial score (nSPS) is 9.94. The zero-order valence-electron chi connectivity index (χ0n) is 10.8. The largest absolute Gasteiger partial charge is 0.491 e. The van der Waals surface area contributed by atoms with Crippen LogP contribution in [-0.2, 0) is 0 Å². The molecule has 0 aliphatic carbocycles. The molecule has 18 heavy (non-hydrogen) atoms. The molecule has 2 amide bonds. The van der Waals surface area contributed by atoms with Crippen molar-refractivity contribution < 1.29 is 13.9 Å². The van der Waals surface area contributed by atoms with Gasteiger partial charge >= 0.3 is 6.03 Å². The van der Waals surface area contributed by atoms with Gasteiger partial charge in [0.05, 0.1) is 6.61 Å². The van der Waals surface area contributed by atoms with E-state index in [9.17, 15) is 9.18 Å². The number of anilines is 1. The Labute approximate surface area is 107 Å². The Balaban J connectivity index is 2.52. The molecule has 0 radical (unpaired) electrons. The van der Waals surface area contributed by atoms with Gasteiger partial charge in [-0.3, -0.25) is 0 Å². The topological polar surface area (TPSA) is 50.4 Å². The minimum absolute atomic E-state index is 0.189. The Morgan fingerprint density at radius 3 is 2.78 bits per heavy atom. The fourth-order valence-corrected chi connectivity index (χ4v) is 1.41. The number of benzene rings is 1. The summed E-state index contributed by atoms with van der Waals surface area (Å²) in [6, 6.07) is 4.02. The fraction of sp³-hybridized carbons (Fsp3) is 0.462.